The quantitative estimate of drug-likeness (QED) is 0.739. The van der Waals surface area contributed by atoms with Gasteiger partial charge in [-0.25, -0.2) is 8.42 Å². The SMILES string of the molecule is Cc1cc(S(=O)(=O)N2CCN(C(=O)CC3CCCC3)CC2)ccc1Br. The highest BCUT2D eigenvalue weighted by Gasteiger charge is 2.31. The molecule has 1 amide bonds. The first-order valence-corrected chi connectivity index (χ1v) is 11.2. The number of piperazine rings is 1. The molecular formula is C18H25BrN2O3S. The number of amides is 1. The molecule has 2 fully saturated rings. The molecule has 7 heteroatoms. The molecule has 5 nitrogen and oxygen atoms in total. The molecule has 0 N–H and O–H groups in total. The average Bonchev–Trinajstić information content (AvgIpc) is 3.10. The fourth-order valence-electron chi connectivity index (χ4n) is 3.70. The lowest BCUT2D eigenvalue weighted by Crippen LogP contribution is -2.50. The van der Waals surface area contributed by atoms with Crippen molar-refractivity contribution in [2.45, 2.75) is 43.9 Å². The molecule has 1 aliphatic heterocycles. The Balaban J connectivity index is 1.60. The van der Waals surface area contributed by atoms with Crippen LogP contribution in [-0.4, -0.2) is 49.7 Å². The van der Waals surface area contributed by atoms with E-state index in [1.54, 1.807) is 18.2 Å². The lowest BCUT2D eigenvalue weighted by Gasteiger charge is -2.34. The summed E-state index contributed by atoms with van der Waals surface area (Å²) >= 11 is 3.40. The predicted molar refractivity (Wildman–Crippen MR) is 101 cm³/mol. The number of benzene rings is 1. The topological polar surface area (TPSA) is 57.7 Å². The molecule has 0 aromatic heterocycles. The number of carbonyl (C=O) groups is 1. The van der Waals surface area contributed by atoms with E-state index in [0.717, 1.165) is 22.9 Å². The summed E-state index contributed by atoms with van der Waals surface area (Å²) in [6.45, 7) is 3.59. The van der Waals surface area contributed by atoms with E-state index in [4.69, 9.17) is 0 Å². The van der Waals surface area contributed by atoms with Gasteiger partial charge in [-0.3, -0.25) is 4.79 Å². The Bertz CT molecular complexity index is 737. The zero-order valence-corrected chi connectivity index (χ0v) is 17.0. The smallest absolute Gasteiger partial charge is 0.243 e. The van der Waals surface area contributed by atoms with Crippen LogP contribution in [0, 0.1) is 12.8 Å². The van der Waals surface area contributed by atoms with Crippen molar-refractivity contribution in [3.63, 3.8) is 0 Å². The van der Waals surface area contributed by atoms with Crippen LogP contribution in [0.3, 0.4) is 0 Å². The van der Waals surface area contributed by atoms with Crippen molar-refractivity contribution in [3.8, 4) is 0 Å². The predicted octanol–water partition coefficient (Wildman–Crippen LogP) is 3.17. The van der Waals surface area contributed by atoms with Crippen molar-refractivity contribution in [1.82, 2.24) is 9.21 Å². The summed E-state index contributed by atoms with van der Waals surface area (Å²) in [5.74, 6) is 0.712. The van der Waals surface area contributed by atoms with E-state index >= 15 is 0 Å². The van der Waals surface area contributed by atoms with Crippen LogP contribution in [0.5, 0.6) is 0 Å². The second kappa shape index (κ2) is 7.76. The standard InChI is InChI=1S/C18H25BrN2O3S/c1-14-12-16(6-7-17(14)19)25(23,24)21-10-8-20(9-11-21)18(22)13-15-4-2-3-5-15/h6-7,12,15H,2-5,8-11,13H2,1H3. The first kappa shape index (κ1) is 18.9. The fraction of sp³-hybridized carbons (Fsp3) is 0.611. The molecule has 1 aromatic rings. The summed E-state index contributed by atoms with van der Waals surface area (Å²) in [6.07, 6.45) is 5.40. The third-order valence-corrected chi connectivity index (χ3v) is 8.08. The minimum Gasteiger partial charge on any atom is -0.340 e. The van der Waals surface area contributed by atoms with E-state index in [0.29, 0.717) is 43.4 Å². The Morgan fingerprint density at radius 1 is 1.16 bits per heavy atom. The highest BCUT2D eigenvalue weighted by molar-refractivity contribution is 9.10. The number of nitrogens with zero attached hydrogens (tertiary/aromatic N) is 2. The molecule has 0 spiro atoms. The number of halogens is 1. The molecule has 0 atom stereocenters. The number of sulfonamides is 1. The van der Waals surface area contributed by atoms with Gasteiger partial charge in [0.2, 0.25) is 15.9 Å². The summed E-state index contributed by atoms with van der Waals surface area (Å²) in [5.41, 5.74) is 0.895. The Morgan fingerprint density at radius 2 is 1.80 bits per heavy atom. The largest absolute Gasteiger partial charge is 0.340 e. The molecular weight excluding hydrogens is 404 g/mol. The van der Waals surface area contributed by atoms with Gasteiger partial charge in [0.05, 0.1) is 4.90 Å². The first-order valence-electron chi connectivity index (χ1n) is 8.92. The molecule has 1 heterocycles. The Kier molecular flexibility index (Phi) is 5.85. The highest BCUT2D eigenvalue weighted by Crippen LogP contribution is 2.28. The van der Waals surface area contributed by atoms with Gasteiger partial charge in [0, 0.05) is 37.1 Å². The van der Waals surface area contributed by atoms with Gasteiger partial charge >= 0.3 is 0 Å². The van der Waals surface area contributed by atoms with Gasteiger partial charge in [0.1, 0.15) is 0 Å². The van der Waals surface area contributed by atoms with Crippen molar-refractivity contribution < 1.29 is 13.2 Å². The number of aryl methyl sites for hydroxylation is 1. The molecule has 1 aliphatic carbocycles. The normalized spacial score (nSPS) is 20.2. The van der Waals surface area contributed by atoms with Crippen LogP contribution in [0.1, 0.15) is 37.7 Å². The van der Waals surface area contributed by atoms with Crippen LogP contribution < -0.4 is 0 Å². The molecule has 0 radical (unpaired) electrons. The van der Waals surface area contributed by atoms with Gasteiger partial charge in [-0.15, -0.1) is 0 Å². The van der Waals surface area contributed by atoms with Crippen LogP contribution in [-0.2, 0) is 14.8 Å². The molecule has 1 saturated carbocycles. The Morgan fingerprint density at radius 3 is 2.40 bits per heavy atom. The molecule has 1 aromatic carbocycles. The van der Waals surface area contributed by atoms with E-state index in [9.17, 15) is 13.2 Å². The van der Waals surface area contributed by atoms with Crippen LogP contribution in [0.2, 0.25) is 0 Å². The third kappa shape index (κ3) is 4.26. The van der Waals surface area contributed by atoms with Crippen LogP contribution >= 0.6 is 15.9 Å². The maximum atomic E-state index is 12.8. The van der Waals surface area contributed by atoms with Crippen molar-refractivity contribution in [3.05, 3.63) is 28.2 Å². The number of carbonyl (C=O) groups excluding carboxylic acids is 1. The second-order valence-corrected chi connectivity index (χ2v) is 9.84. The fourth-order valence-corrected chi connectivity index (χ4v) is 5.45. The molecule has 138 valence electrons. The summed E-state index contributed by atoms with van der Waals surface area (Å²) < 4.78 is 28.0. The van der Waals surface area contributed by atoms with Crippen molar-refractivity contribution in [2.24, 2.45) is 5.92 Å². The van der Waals surface area contributed by atoms with E-state index in [1.165, 1.54) is 17.1 Å². The third-order valence-electron chi connectivity index (χ3n) is 5.30. The van der Waals surface area contributed by atoms with Crippen molar-refractivity contribution in [2.75, 3.05) is 26.2 Å². The first-order chi connectivity index (χ1) is 11.9. The summed E-state index contributed by atoms with van der Waals surface area (Å²) in [7, 11) is -3.50. The number of hydrogen-bond acceptors (Lipinski definition) is 3. The maximum absolute atomic E-state index is 12.8. The average molecular weight is 429 g/mol. The van der Waals surface area contributed by atoms with Crippen molar-refractivity contribution in [1.29, 1.82) is 0 Å². The van der Waals surface area contributed by atoms with Gasteiger partial charge < -0.3 is 4.90 Å². The summed E-state index contributed by atoms with van der Waals surface area (Å²) in [4.78, 5) is 14.6. The number of hydrogen-bond donors (Lipinski definition) is 0. The van der Waals surface area contributed by atoms with Gasteiger partial charge in [0.15, 0.2) is 0 Å². The minimum absolute atomic E-state index is 0.184. The second-order valence-electron chi connectivity index (χ2n) is 7.05. The summed E-state index contributed by atoms with van der Waals surface area (Å²) in [5, 5.41) is 0. The number of rotatable bonds is 4. The van der Waals surface area contributed by atoms with Gasteiger partial charge in [0.25, 0.3) is 0 Å². The molecule has 1 saturated heterocycles. The van der Waals surface area contributed by atoms with Gasteiger partial charge in [-0.2, -0.15) is 4.31 Å². The van der Waals surface area contributed by atoms with E-state index in [2.05, 4.69) is 15.9 Å². The lowest BCUT2D eigenvalue weighted by atomic mass is 10.0. The molecule has 2 aliphatic rings. The Hall–Kier alpha value is -0.920. The lowest BCUT2D eigenvalue weighted by molar-refractivity contribution is -0.133. The maximum Gasteiger partial charge on any atom is 0.243 e. The van der Waals surface area contributed by atoms with E-state index in [1.807, 2.05) is 11.8 Å². The minimum atomic E-state index is -3.50. The molecule has 0 bridgehead atoms. The van der Waals surface area contributed by atoms with Crippen molar-refractivity contribution >= 4 is 31.9 Å². The monoisotopic (exact) mass is 428 g/mol. The molecule has 0 unspecified atom stereocenters. The zero-order valence-electron chi connectivity index (χ0n) is 14.6. The summed E-state index contributed by atoms with van der Waals surface area (Å²) in [6, 6.07) is 5.09. The van der Waals surface area contributed by atoms with Crippen LogP contribution in [0.4, 0.5) is 0 Å². The van der Waals surface area contributed by atoms with E-state index in [-0.39, 0.29) is 5.91 Å². The van der Waals surface area contributed by atoms with E-state index < -0.39 is 10.0 Å². The van der Waals surface area contributed by atoms with Gasteiger partial charge in [-0.1, -0.05) is 28.8 Å². The molecule has 25 heavy (non-hydrogen) atoms. The molecule has 3 rings (SSSR count). The highest BCUT2D eigenvalue weighted by atomic mass is 79.9. The zero-order chi connectivity index (χ0) is 18.0. The Labute approximate surface area is 158 Å². The van der Waals surface area contributed by atoms with Crippen LogP contribution in [0.15, 0.2) is 27.6 Å². The van der Waals surface area contributed by atoms with Crippen LogP contribution in [0.25, 0.3) is 0 Å². The van der Waals surface area contributed by atoms with Gasteiger partial charge in [-0.05, 0) is 49.4 Å².